The zero-order valence-electron chi connectivity index (χ0n) is 11.4. The summed E-state index contributed by atoms with van der Waals surface area (Å²) in [6.07, 6.45) is 3.36. The number of ketones is 1. The van der Waals surface area contributed by atoms with Crippen LogP contribution in [0.5, 0.6) is 0 Å². The zero-order chi connectivity index (χ0) is 14.3. The van der Waals surface area contributed by atoms with Crippen LogP contribution in [0.4, 0.5) is 5.69 Å². The number of Topliss-reactive ketones (excluding diaryl/α,β-unsaturated/α-hetero) is 1. The van der Waals surface area contributed by atoms with Crippen molar-refractivity contribution in [3.8, 4) is 0 Å². The first-order valence-electron chi connectivity index (χ1n) is 6.45. The third-order valence-corrected chi connectivity index (χ3v) is 3.75. The number of benzene rings is 1. The van der Waals surface area contributed by atoms with E-state index in [0.29, 0.717) is 12.1 Å². The molecule has 4 heteroatoms. The largest absolute Gasteiger partial charge is 0.300 e. The third kappa shape index (κ3) is 1.81. The van der Waals surface area contributed by atoms with E-state index in [-0.39, 0.29) is 0 Å². The van der Waals surface area contributed by atoms with Crippen LogP contribution in [0.3, 0.4) is 0 Å². The summed E-state index contributed by atoms with van der Waals surface area (Å²) in [5, 5.41) is 0. The van der Waals surface area contributed by atoms with Gasteiger partial charge in [0, 0.05) is 12.4 Å². The molecule has 0 unspecified atom stereocenters. The molecule has 0 saturated carbocycles. The Labute approximate surface area is 117 Å². The summed E-state index contributed by atoms with van der Waals surface area (Å²) in [4.78, 5) is 29.8. The van der Waals surface area contributed by atoms with E-state index in [9.17, 15) is 9.59 Å². The van der Waals surface area contributed by atoms with Crippen molar-refractivity contribution in [1.29, 1.82) is 0 Å². The number of nitrogens with zero attached hydrogens (tertiary/aromatic N) is 2. The molecule has 4 nitrogen and oxygen atoms in total. The molecule has 1 amide bonds. The van der Waals surface area contributed by atoms with E-state index < -0.39 is 11.7 Å². The summed E-state index contributed by atoms with van der Waals surface area (Å²) in [6, 6.07) is 7.32. The molecular formula is C16H14N2O2. The van der Waals surface area contributed by atoms with Gasteiger partial charge >= 0.3 is 0 Å². The quantitative estimate of drug-likeness (QED) is 0.784. The molecule has 1 aromatic heterocycles. The standard InChI is InChI=1S/C16H14N2O2/c1-10-3-4-13-14(11(10)2)18(16(20)15(13)19)9-12-5-7-17-8-6-12/h3-8H,9H2,1-2H3. The van der Waals surface area contributed by atoms with Crippen LogP contribution in [0.25, 0.3) is 0 Å². The summed E-state index contributed by atoms with van der Waals surface area (Å²) in [5.41, 5.74) is 4.26. The molecule has 0 N–H and O–H groups in total. The first-order valence-corrected chi connectivity index (χ1v) is 6.45. The lowest BCUT2D eigenvalue weighted by atomic mass is 10.0. The molecule has 1 aliphatic heterocycles. The SMILES string of the molecule is Cc1ccc2c(c1C)N(Cc1ccncc1)C(=O)C2=O. The van der Waals surface area contributed by atoms with Crippen molar-refractivity contribution in [2.75, 3.05) is 4.90 Å². The molecular weight excluding hydrogens is 252 g/mol. The highest BCUT2D eigenvalue weighted by Gasteiger charge is 2.37. The first kappa shape index (κ1) is 12.5. The van der Waals surface area contributed by atoms with Gasteiger partial charge in [-0.05, 0) is 48.7 Å². The minimum absolute atomic E-state index is 0.393. The maximum atomic E-state index is 12.2. The molecule has 0 atom stereocenters. The maximum Gasteiger partial charge on any atom is 0.299 e. The highest BCUT2D eigenvalue weighted by Crippen LogP contribution is 2.34. The predicted octanol–water partition coefficient (Wildman–Crippen LogP) is 2.43. The lowest BCUT2D eigenvalue weighted by Crippen LogP contribution is -2.29. The Morgan fingerprint density at radius 2 is 1.75 bits per heavy atom. The first-order chi connectivity index (χ1) is 9.59. The van der Waals surface area contributed by atoms with E-state index in [1.54, 1.807) is 23.4 Å². The van der Waals surface area contributed by atoms with Crippen LogP contribution in [0.2, 0.25) is 0 Å². The van der Waals surface area contributed by atoms with Crippen LogP contribution in [-0.2, 0) is 11.3 Å². The number of hydrogen-bond donors (Lipinski definition) is 0. The fourth-order valence-corrected chi connectivity index (χ4v) is 2.49. The monoisotopic (exact) mass is 266 g/mol. The average molecular weight is 266 g/mol. The predicted molar refractivity (Wildman–Crippen MR) is 75.7 cm³/mol. The minimum atomic E-state index is -0.453. The van der Waals surface area contributed by atoms with Gasteiger partial charge in [0.05, 0.1) is 17.8 Å². The Balaban J connectivity index is 2.08. The average Bonchev–Trinajstić information content (AvgIpc) is 2.70. The molecule has 0 radical (unpaired) electrons. The lowest BCUT2D eigenvalue weighted by molar-refractivity contribution is -0.114. The summed E-state index contributed by atoms with van der Waals surface area (Å²) in [5.74, 6) is -0.873. The van der Waals surface area contributed by atoms with Gasteiger partial charge in [0.25, 0.3) is 11.7 Å². The summed E-state index contributed by atoms with van der Waals surface area (Å²) < 4.78 is 0. The molecule has 0 bridgehead atoms. The highest BCUT2D eigenvalue weighted by atomic mass is 16.2. The normalized spacial score (nSPS) is 13.8. The number of fused-ring (bicyclic) bond motifs is 1. The molecule has 0 saturated heterocycles. The van der Waals surface area contributed by atoms with Crippen molar-refractivity contribution in [3.63, 3.8) is 0 Å². The van der Waals surface area contributed by atoms with Gasteiger partial charge < -0.3 is 4.90 Å². The number of pyridine rings is 1. The zero-order valence-corrected chi connectivity index (χ0v) is 11.4. The number of amides is 1. The van der Waals surface area contributed by atoms with E-state index in [1.807, 2.05) is 32.0 Å². The molecule has 1 aliphatic rings. The van der Waals surface area contributed by atoms with E-state index in [4.69, 9.17) is 0 Å². The van der Waals surface area contributed by atoms with Crippen molar-refractivity contribution in [2.24, 2.45) is 0 Å². The Hall–Kier alpha value is -2.49. The number of anilines is 1. The minimum Gasteiger partial charge on any atom is -0.300 e. The second kappa shape index (κ2) is 4.56. The summed E-state index contributed by atoms with van der Waals surface area (Å²) >= 11 is 0. The summed E-state index contributed by atoms with van der Waals surface area (Å²) in [6.45, 7) is 4.32. The molecule has 1 aromatic carbocycles. The van der Waals surface area contributed by atoms with Gasteiger partial charge in [-0.25, -0.2) is 0 Å². The fraction of sp³-hybridized carbons (Fsp3) is 0.188. The van der Waals surface area contributed by atoms with E-state index in [0.717, 1.165) is 22.4 Å². The van der Waals surface area contributed by atoms with Gasteiger partial charge in [-0.1, -0.05) is 6.07 Å². The Morgan fingerprint density at radius 1 is 1.05 bits per heavy atom. The van der Waals surface area contributed by atoms with Crippen molar-refractivity contribution in [3.05, 3.63) is 58.9 Å². The second-order valence-electron chi connectivity index (χ2n) is 4.98. The van der Waals surface area contributed by atoms with Crippen LogP contribution in [-0.4, -0.2) is 16.7 Å². The number of rotatable bonds is 2. The van der Waals surface area contributed by atoms with Crippen LogP contribution in [0.1, 0.15) is 27.0 Å². The lowest BCUT2D eigenvalue weighted by Gasteiger charge is -2.19. The van der Waals surface area contributed by atoms with Crippen molar-refractivity contribution >= 4 is 17.4 Å². The molecule has 20 heavy (non-hydrogen) atoms. The van der Waals surface area contributed by atoms with Crippen LogP contribution in [0.15, 0.2) is 36.7 Å². The molecule has 0 fully saturated rings. The second-order valence-corrected chi connectivity index (χ2v) is 4.98. The molecule has 2 aromatic rings. The number of aromatic nitrogens is 1. The van der Waals surface area contributed by atoms with Crippen molar-refractivity contribution < 1.29 is 9.59 Å². The van der Waals surface area contributed by atoms with E-state index >= 15 is 0 Å². The highest BCUT2D eigenvalue weighted by molar-refractivity contribution is 6.52. The van der Waals surface area contributed by atoms with E-state index in [2.05, 4.69) is 4.98 Å². The van der Waals surface area contributed by atoms with Crippen LogP contribution >= 0.6 is 0 Å². The fourth-order valence-electron chi connectivity index (χ4n) is 2.49. The Kier molecular flexibility index (Phi) is 2.86. The number of carbonyl (C=O) groups is 2. The number of aryl methyl sites for hydroxylation is 1. The van der Waals surface area contributed by atoms with Crippen LogP contribution in [0, 0.1) is 13.8 Å². The molecule has 100 valence electrons. The van der Waals surface area contributed by atoms with E-state index in [1.165, 1.54) is 0 Å². The van der Waals surface area contributed by atoms with Gasteiger partial charge in [0.1, 0.15) is 0 Å². The number of carbonyl (C=O) groups excluding carboxylic acids is 2. The smallest absolute Gasteiger partial charge is 0.299 e. The van der Waals surface area contributed by atoms with Gasteiger partial charge in [0.15, 0.2) is 0 Å². The third-order valence-electron chi connectivity index (χ3n) is 3.75. The topological polar surface area (TPSA) is 50.3 Å². The number of hydrogen-bond acceptors (Lipinski definition) is 3. The molecule has 0 spiro atoms. The van der Waals surface area contributed by atoms with Crippen molar-refractivity contribution in [1.82, 2.24) is 4.98 Å². The Bertz CT molecular complexity index is 708. The maximum absolute atomic E-state index is 12.2. The van der Waals surface area contributed by atoms with Gasteiger partial charge in [-0.3, -0.25) is 14.6 Å². The molecule has 3 rings (SSSR count). The molecule has 2 heterocycles. The van der Waals surface area contributed by atoms with Gasteiger partial charge in [0.2, 0.25) is 0 Å². The summed E-state index contributed by atoms with van der Waals surface area (Å²) in [7, 11) is 0. The Morgan fingerprint density at radius 3 is 2.45 bits per heavy atom. The molecule has 0 aliphatic carbocycles. The van der Waals surface area contributed by atoms with Gasteiger partial charge in [-0.2, -0.15) is 0 Å². The van der Waals surface area contributed by atoms with Gasteiger partial charge in [-0.15, -0.1) is 0 Å². The van der Waals surface area contributed by atoms with Crippen molar-refractivity contribution in [2.45, 2.75) is 20.4 Å². The van der Waals surface area contributed by atoms with Crippen LogP contribution < -0.4 is 4.90 Å².